The minimum absolute atomic E-state index is 0.728. The lowest BCUT2D eigenvalue weighted by Crippen LogP contribution is -2.27. The molecule has 3 heterocycles. The summed E-state index contributed by atoms with van der Waals surface area (Å²) in [6, 6.07) is 17.2. The van der Waals surface area contributed by atoms with Gasteiger partial charge in [-0.25, -0.2) is 4.98 Å². The fraction of sp³-hybridized carbons (Fsp3) is 0.286. The van der Waals surface area contributed by atoms with Crippen molar-refractivity contribution in [2.24, 2.45) is 5.73 Å². The molecule has 0 radical (unpaired) electrons. The lowest BCUT2D eigenvalue weighted by molar-refractivity contribution is 0.657. The second kappa shape index (κ2) is 5.74. The fourth-order valence-corrected chi connectivity index (χ4v) is 4.25. The maximum atomic E-state index is 5.81. The van der Waals surface area contributed by atoms with Crippen LogP contribution in [0.1, 0.15) is 12.8 Å². The first-order valence-electron chi connectivity index (χ1n) is 9.13. The molecule has 1 aliphatic heterocycles. The largest absolute Gasteiger partial charge is 0.369 e. The molecule has 0 aliphatic carbocycles. The number of aryl methyl sites for hydroxylation is 1. The van der Waals surface area contributed by atoms with Gasteiger partial charge < -0.3 is 15.2 Å². The zero-order valence-electron chi connectivity index (χ0n) is 14.3. The number of nitrogens with two attached hydrogens (primary N) is 1. The fourth-order valence-electron chi connectivity index (χ4n) is 4.25. The Labute approximate surface area is 146 Å². The van der Waals surface area contributed by atoms with Gasteiger partial charge in [0.05, 0.1) is 27.8 Å². The van der Waals surface area contributed by atoms with E-state index >= 15 is 0 Å². The third kappa shape index (κ3) is 2.14. The van der Waals surface area contributed by atoms with Gasteiger partial charge in [0.25, 0.3) is 0 Å². The highest BCUT2D eigenvalue weighted by molar-refractivity contribution is 6.16. The van der Waals surface area contributed by atoms with Crippen molar-refractivity contribution in [2.75, 3.05) is 24.5 Å². The molecule has 0 bridgehead atoms. The van der Waals surface area contributed by atoms with Gasteiger partial charge >= 0.3 is 0 Å². The highest BCUT2D eigenvalue weighted by atomic mass is 15.2. The zero-order chi connectivity index (χ0) is 16.8. The SMILES string of the molecule is NCCCN1CCCn2c3ccccc3c3nc4ccccc4c1c32. The molecule has 4 aromatic rings. The monoisotopic (exact) mass is 330 g/mol. The average molecular weight is 330 g/mol. The standard InChI is InChI=1S/C21H22N4/c22-11-5-12-24-13-6-14-25-18-10-4-2-8-16(18)19-21(25)20(24)15-7-1-3-9-17(15)23-19/h1-4,7-10H,5-6,11-14,22H2. The third-order valence-electron chi connectivity index (χ3n) is 5.32. The molecule has 4 nitrogen and oxygen atoms in total. The average Bonchev–Trinajstić information content (AvgIpc) is 2.84. The van der Waals surface area contributed by atoms with E-state index in [0.29, 0.717) is 0 Å². The highest BCUT2D eigenvalue weighted by Crippen LogP contribution is 2.40. The molecule has 25 heavy (non-hydrogen) atoms. The number of aromatic nitrogens is 2. The summed E-state index contributed by atoms with van der Waals surface area (Å²) in [7, 11) is 0. The third-order valence-corrected chi connectivity index (χ3v) is 5.32. The van der Waals surface area contributed by atoms with Crippen molar-refractivity contribution < 1.29 is 0 Å². The number of benzene rings is 2. The second-order valence-corrected chi connectivity index (χ2v) is 6.83. The minimum Gasteiger partial charge on any atom is -0.369 e. The normalized spacial score (nSPS) is 14.5. The summed E-state index contributed by atoms with van der Waals surface area (Å²) in [5, 5.41) is 2.50. The van der Waals surface area contributed by atoms with Crippen LogP contribution in [-0.2, 0) is 6.54 Å². The van der Waals surface area contributed by atoms with Gasteiger partial charge in [-0.05, 0) is 31.5 Å². The summed E-state index contributed by atoms with van der Waals surface area (Å²) in [6.07, 6.45) is 2.15. The molecule has 2 aromatic carbocycles. The van der Waals surface area contributed by atoms with Crippen LogP contribution in [-0.4, -0.2) is 29.2 Å². The Balaban J connectivity index is 1.95. The number of fused-ring (bicyclic) bond motifs is 5. The van der Waals surface area contributed by atoms with E-state index < -0.39 is 0 Å². The van der Waals surface area contributed by atoms with Gasteiger partial charge in [0, 0.05) is 30.4 Å². The number of hydrogen-bond donors (Lipinski definition) is 1. The van der Waals surface area contributed by atoms with Crippen LogP contribution >= 0.6 is 0 Å². The van der Waals surface area contributed by atoms with Crippen molar-refractivity contribution in [3.8, 4) is 0 Å². The highest BCUT2D eigenvalue weighted by Gasteiger charge is 2.23. The molecular weight excluding hydrogens is 308 g/mol. The lowest BCUT2D eigenvalue weighted by atomic mass is 10.1. The number of anilines is 1. The zero-order valence-corrected chi connectivity index (χ0v) is 14.3. The van der Waals surface area contributed by atoms with Crippen molar-refractivity contribution >= 4 is 38.5 Å². The van der Waals surface area contributed by atoms with Crippen LogP contribution in [0, 0.1) is 0 Å². The van der Waals surface area contributed by atoms with Crippen molar-refractivity contribution in [1.29, 1.82) is 0 Å². The Kier molecular flexibility index (Phi) is 3.38. The van der Waals surface area contributed by atoms with Crippen LogP contribution in [0.3, 0.4) is 0 Å². The minimum atomic E-state index is 0.728. The van der Waals surface area contributed by atoms with Crippen LogP contribution in [0.15, 0.2) is 48.5 Å². The molecule has 5 rings (SSSR count). The summed E-state index contributed by atoms with van der Waals surface area (Å²) in [4.78, 5) is 7.58. The number of hydrogen-bond acceptors (Lipinski definition) is 3. The van der Waals surface area contributed by atoms with Gasteiger partial charge in [0.15, 0.2) is 0 Å². The molecule has 1 aliphatic rings. The Morgan fingerprint density at radius 1 is 0.960 bits per heavy atom. The number of pyridine rings is 1. The molecular formula is C21H22N4. The number of rotatable bonds is 3. The van der Waals surface area contributed by atoms with E-state index in [1.807, 2.05) is 0 Å². The summed E-state index contributed by atoms with van der Waals surface area (Å²) < 4.78 is 2.47. The van der Waals surface area contributed by atoms with Crippen LogP contribution in [0.25, 0.3) is 32.8 Å². The van der Waals surface area contributed by atoms with E-state index in [4.69, 9.17) is 10.7 Å². The van der Waals surface area contributed by atoms with Crippen molar-refractivity contribution in [2.45, 2.75) is 19.4 Å². The van der Waals surface area contributed by atoms with E-state index in [2.05, 4.69) is 58.0 Å². The Hall–Kier alpha value is -2.59. The van der Waals surface area contributed by atoms with E-state index in [-0.39, 0.29) is 0 Å². The Bertz CT molecular complexity index is 1080. The van der Waals surface area contributed by atoms with Crippen molar-refractivity contribution in [1.82, 2.24) is 9.55 Å². The maximum absolute atomic E-state index is 5.81. The topological polar surface area (TPSA) is 47.1 Å². The predicted molar refractivity (Wildman–Crippen MR) is 105 cm³/mol. The van der Waals surface area contributed by atoms with Crippen LogP contribution in [0.4, 0.5) is 5.69 Å². The summed E-state index contributed by atoms with van der Waals surface area (Å²) >= 11 is 0. The van der Waals surface area contributed by atoms with E-state index in [0.717, 1.165) is 50.1 Å². The molecule has 0 amide bonds. The van der Waals surface area contributed by atoms with E-state index in [1.165, 1.54) is 27.5 Å². The first kappa shape index (κ1) is 14.7. The van der Waals surface area contributed by atoms with Crippen molar-refractivity contribution in [3.63, 3.8) is 0 Å². The molecule has 2 aromatic heterocycles. The Morgan fingerprint density at radius 3 is 2.64 bits per heavy atom. The smallest absolute Gasteiger partial charge is 0.0988 e. The van der Waals surface area contributed by atoms with Crippen LogP contribution < -0.4 is 10.6 Å². The maximum Gasteiger partial charge on any atom is 0.0988 e. The molecule has 2 N–H and O–H groups in total. The van der Waals surface area contributed by atoms with Gasteiger partial charge in [-0.1, -0.05) is 36.4 Å². The molecule has 0 saturated heterocycles. The van der Waals surface area contributed by atoms with Gasteiger partial charge in [0.2, 0.25) is 0 Å². The van der Waals surface area contributed by atoms with E-state index in [9.17, 15) is 0 Å². The van der Waals surface area contributed by atoms with Gasteiger partial charge in [0.1, 0.15) is 0 Å². The second-order valence-electron chi connectivity index (χ2n) is 6.83. The van der Waals surface area contributed by atoms with Gasteiger partial charge in [-0.2, -0.15) is 0 Å². The summed E-state index contributed by atoms with van der Waals surface area (Å²) in [5.74, 6) is 0. The molecule has 0 saturated carbocycles. The van der Waals surface area contributed by atoms with E-state index in [1.54, 1.807) is 0 Å². The first-order chi connectivity index (χ1) is 12.4. The van der Waals surface area contributed by atoms with Crippen LogP contribution in [0.5, 0.6) is 0 Å². The van der Waals surface area contributed by atoms with Crippen molar-refractivity contribution in [3.05, 3.63) is 48.5 Å². The number of para-hydroxylation sites is 2. The first-order valence-corrected chi connectivity index (χ1v) is 9.13. The quantitative estimate of drug-likeness (QED) is 0.620. The molecule has 0 unspecified atom stereocenters. The summed E-state index contributed by atoms with van der Waals surface area (Å²) in [5.41, 5.74) is 11.9. The predicted octanol–water partition coefficient (Wildman–Crippen LogP) is 3.90. The van der Waals surface area contributed by atoms with Crippen LogP contribution in [0.2, 0.25) is 0 Å². The lowest BCUT2D eigenvalue weighted by Gasteiger charge is -2.25. The Morgan fingerprint density at radius 2 is 1.76 bits per heavy atom. The molecule has 126 valence electrons. The van der Waals surface area contributed by atoms with Gasteiger partial charge in [-0.3, -0.25) is 0 Å². The molecule has 0 fully saturated rings. The van der Waals surface area contributed by atoms with Gasteiger partial charge in [-0.15, -0.1) is 0 Å². The molecule has 4 heteroatoms. The summed E-state index contributed by atoms with van der Waals surface area (Å²) in [6.45, 7) is 3.84. The molecule has 0 spiro atoms. The molecule has 0 atom stereocenters. The number of nitrogens with zero attached hydrogens (tertiary/aromatic N) is 3.